The van der Waals surface area contributed by atoms with Crippen LogP contribution in [0.4, 0.5) is 0 Å². The SMILES string of the molecule is Cc1cn2c(n1)CCC(NC(C)c1cccc(CO)c1)C2. The second kappa shape index (κ2) is 6.00. The second-order valence-electron chi connectivity index (χ2n) is 5.98. The summed E-state index contributed by atoms with van der Waals surface area (Å²) in [4.78, 5) is 4.55. The lowest BCUT2D eigenvalue weighted by Gasteiger charge is -2.28. The van der Waals surface area contributed by atoms with Gasteiger partial charge in [-0.1, -0.05) is 24.3 Å². The maximum atomic E-state index is 9.25. The van der Waals surface area contributed by atoms with E-state index < -0.39 is 0 Å². The smallest absolute Gasteiger partial charge is 0.109 e. The first-order chi connectivity index (χ1) is 10.2. The van der Waals surface area contributed by atoms with E-state index in [9.17, 15) is 5.11 Å². The molecule has 2 unspecified atom stereocenters. The maximum absolute atomic E-state index is 9.25. The number of rotatable bonds is 4. The van der Waals surface area contributed by atoms with E-state index in [2.05, 4.69) is 47.0 Å². The van der Waals surface area contributed by atoms with Gasteiger partial charge in [0, 0.05) is 31.2 Å². The highest BCUT2D eigenvalue weighted by Gasteiger charge is 2.21. The highest BCUT2D eigenvalue weighted by atomic mass is 16.3. The average molecular weight is 285 g/mol. The van der Waals surface area contributed by atoms with E-state index in [-0.39, 0.29) is 12.6 Å². The summed E-state index contributed by atoms with van der Waals surface area (Å²) < 4.78 is 2.27. The van der Waals surface area contributed by atoms with Gasteiger partial charge in [0.1, 0.15) is 5.82 Å². The van der Waals surface area contributed by atoms with Gasteiger partial charge in [0.15, 0.2) is 0 Å². The number of benzene rings is 1. The fourth-order valence-corrected chi connectivity index (χ4v) is 3.13. The zero-order valence-electron chi connectivity index (χ0n) is 12.7. The molecule has 112 valence electrons. The van der Waals surface area contributed by atoms with Crippen LogP contribution in [-0.2, 0) is 19.6 Å². The predicted molar refractivity (Wildman–Crippen MR) is 83.0 cm³/mol. The molecular weight excluding hydrogens is 262 g/mol. The molecule has 3 rings (SSSR count). The molecule has 1 aromatic carbocycles. The molecule has 0 bridgehead atoms. The zero-order valence-corrected chi connectivity index (χ0v) is 12.7. The predicted octanol–water partition coefficient (Wildman–Crippen LogP) is 2.35. The molecule has 1 aromatic heterocycles. The lowest BCUT2D eigenvalue weighted by Crippen LogP contribution is -2.38. The second-order valence-corrected chi connectivity index (χ2v) is 5.98. The normalized spacial score (nSPS) is 19.3. The minimum atomic E-state index is 0.0989. The summed E-state index contributed by atoms with van der Waals surface area (Å²) in [7, 11) is 0. The highest BCUT2D eigenvalue weighted by Crippen LogP contribution is 2.20. The van der Waals surface area contributed by atoms with Crippen molar-refractivity contribution in [3.8, 4) is 0 Å². The summed E-state index contributed by atoms with van der Waals surface area (Å²) in [5.41, 5.74) is 3.31. The summed E-state index contributed by atoms with van der Waals surface area (Å²) >= 11 is 0. The van der Waals surface area contributed by atoms with Crippen molar-refractivity contribution in [2.75, 3.05) is 0 Å². The molecule has 0 amide bonds. The Morgan fingerprint density at radius 1 is 1.48 bits per heavy atom. The van der Waals surface area contributed by atoms with Gasteiger partial charge in [-0.05, 0) is 31.4 Å². The van der Waals surface area contributed by atoms with Crippen LogP contribution in [0.25, 0.3) is 0 Å². The summed E-state index contributed by atoms with van der Waals surface area (Å²) in [5, 5.41) is 13.0. The number of aromatic nitrogens is 2. The van der Waals surface area contributed by atoms with Gasteiger partial charge in [-0.3, -0.25) is 0 Å². The van der Waals surface area contributed by atoms with Gasteiger partial charge in [-0.15, -0.1) is 0 Å². The van der Waals surface area contributed by atoms with E-state index >= 15 is 0 Å². The Bertz CT molecular complexity index is 620. The molecule has 0 saturated heterocycles. The molecule has 4 heteroatoms. The molecule has 1 aliphatic heterocycles. The first kappa shape index (κ1) is 14.3. The molecule has 0 saturated carbocycles. The number of imidazole rings is 1. The van der Waals surface area contributed by atoms with Crippen LogP contribution in [0.5, 0.6) is 0 Å². The van der Waals surface area contributed by atoms with Crippen molar-refractivity contribution in [2.45, 2.75) is 51.9 Å². The molecule has 0 radical (unpaired) electrons. The van der Waals surface area contributed by atoms with Crippen molar-refractivity contribution in [2.24, 2.45) is 0 Å². The van der Waals surface area contributed by atoms with Crippen LogP contribution < -0.4 is 5.32 Å². The van der Waals surface area contributed by atoms with Crippen molar-refractivity contribution in [3.05, 3.63) is 53.1 Å². The molecule has 0 aliphatic carbocycles. The van der Waals surface area contributed by atoms with Crippen LogP contribution in [0.3, 0.4) is 0 Å². The third-order valence-corrected chi connectivity index (χ3v) is 4.23. The molecule has 4 nitrogen and oxygen atoms in total. The van der Waals surface area contributed by atoms with Crippen LogP contribution in [0.1, 0.15) is 42.0 Å². The monoisotopic (exact) mass is 285 g/mol. The fraction of sp³-hybridized carbons (Fsp3) is 0.471. The van der Waals surface area contributed by atoms with Crippen LogP contribution in [0, 0.1) is 6.92 Å². The number of hydrogen-bond donors (Lipinski definition) is 2. The lowest BCUT2D eigenvalue weighted by molar-refractivity contribution is 0.281. The van der Waals surface area contributed by atoms with Crippen LogP contribution in [0.2, 0.25) is 0 Å². The molecular formula is C17H23N3O. The first-order valence-electron chi connectivity index (χ1n) is 7.64. The standard InChI is InChI=1S/C17H23N3O/c1-12-9-20-10-16(6-7-17(20)18-12)19-13(2)15-5-3-4-14(8-15)11-21/h3-5,8-9,13,16,19,21H,6-7,10-11H2,1-2H3. The molecule has 2 N–H and O–H groups in total. The Morgan fingerprint density at radius 2 is 2.33 bits per heavy atom. The minimum Gasteiger partial charge on any atom is -0.392 e. The van der Waals surface area contributed by atoms with Crippen molar-refractivity contribution < 1.29 is 5.11 Å². The number of aryl methyl sites for hydroxylation is 2. The van der Waals surface area contributed by atoms with E-state index in [1.807, 2.05) is 12.1 Å². The number of aliphatic hydroxyl groups excluding tert-OH is 1. The van der Waals surface area contributed by atoms with E-state index in [1.165, 1.54) is 11.4 Å². The molecule has 2 atom stereocenters. The molecule has 0 fully saturated rings. The number of fused-ring (bicyclic) bond motifs is 1. The van der Waals surface area contributed by atoms with Gasteiger partial charge in [0.05, 0.1) is 12.3 Å². The quantitative estimate of drug-likeness (QED) is 0.906. The Balaban J connectivity index is 1.66. The molecule has 0 spiro atoms. The van der Waals surface area contributed by atoms with Gasteiger partial charge < -0.3 is 15.0 Å². The number of nitrogens with zero attached hydrogens (tertiary/aromatic N) is 2. The summed E-state index contributed by atoms with van der Waals surface area (Å²) in [5.74, 6) is 1.21. The fourth-order valence-electron chi connectivity index (χ4n) is 3.13. The topological polar surface area (TPSA) is 50.1 Å². The van der Waals surface area contributed by atoms with E-state index in [1.54, 1.807) is 0 Å². The minimum absolute atomic E-state index is 0.0989. The van der Waals surface area contributed by atoms with Crippen LogP contribution in [-0.4, -0.2) is 20.7 Å². The lowest BCUT2D eigenvalue weighted by atomic mass is 10.0. The Hall–Kier alpha value is -1.65. The van der Waals surface area contributed by atoms with E-state index in [4.69, 9.17) is 0 Å². The van der Waals surface area contributed by atoms with Crippen molar-refractivity contribution >= 4 is 0 Å². The summed E-state index contributed by atoms with van der Waals surface area (Å²) in [6.45, 7) is 5.32. The van der Waals surface area contributed by atoms with Crippen molar-refractivity contribution in [1.82, 2.24) is 14.9 Å². The van der Waals surface area contributed by atoms with Gasteiger partial charge in [-0.25, -0.2) is 4.98 Å². The van der Waals surface area contributed by atoms with Crippen LogP contribution in [0.15, 0.2) is 30.5 Å². The molecule has 21 heavy (non-hydrogen) atoms. The third kappa shape index (κ3) is 3.17. The van der Waals surface area contributed by atoms with Crippen LogP contribution >= 0.6 is 0 Å². The zero-order chi connectivity index (χ0) is 14.8. The Labute approximate surface area is 125 Å². The number of hydrogen-bond acceptors (Lipinski definition) is 3. The van der Waals surface area contributed by atoms with Gasteiger partial charge >= 0.3 is 0 Å². The molecule has 2 aromatic rings. The van der Waals surface area contributed by atoms with Crippen molar-refractivity contribution in [1.29, 1.82) is 0 Å². The third-order valence-electron chi connectivity index (χ3n) is 4.23. The van der Waals surface area contributed by atoms with Gasteiger partial charge in [0.2, 0.25) is 0 Å². The van der Waals surface area contributed by atoms with Gasteiger partial charge in [0.25, 0.3) is 0 Å². The van der Waals surface area contributed by atoms with E-state index in [0.29, 0.717) is 6.04 Å². The summed E-state index contributed by atoms with van der Waals surface area (Å²) in [6.07, 6.45) is 4.30. The summed E-state index contributed by atoms with van der Waals surface area (Å²) in [6, 6.07) is 8.92. The highest BCUT2D eigenvalue weighted by molar-refractivity contribution is 5.25. The van der Waals surface area contributed by atoms with Gasteiger partial charge in [-0.2, -0.15) is 0 Å². The molecule has 1 aliphatic rings. The first-order valence-corrected chi connectivity index (χ1v) is 7.64. The maximum Gasteiger partial charge on any atom is 0.109 e. The van der Waals surface area contributed by atoms with Crippen molar-refractivity contribution in [3.63, 3.8) is 0 Å². The Morgan fingerprint density at radius 3 is 3.14 bits per heavy atom. The number of nitrogens with one attached hydrogen (secondary N) is 1. The average Bonchev–Trinajstić information content (AvgIpc) is 2.86. The number of aliphatic hydroxyl groups is 1. The Kier molecular flexibility index (Phi) is 4.08. The molecule has 2 heterocycles. The largest absolute Gasteiger partial charge is 0.392 e. The van der Waals surface area contributed by atoms with E-state index in [0.717, 1.165) is 30.6 Å².